The van der Waals surface area contributed by atoms with E-state index in [1.165, 1.54) is 18.4 Å². The third kappa shape index (κ3) is 3.59. The summed E-state index contributed by atoms with van der Waals surface area (Å²) in [6.07, 6.45) is 6.58. The molecular formula is C20H25N5O2. The van der Waals surface area contributed by atoms with E-state index in [2.05, 4.69) is 15.5 Å². The van der Waals surface area contributed by atoms with Gasteiger partial charge >= 0.3 is 0 Å². The predicted molar refractivity (Wildman–Crippen MR) is 103 cm³/mol. The number of rotatable bonds is 3. The van der Waals surface area contributed by atoms with Crippen molar-refractivity contribution in [1.29, 1.82) is 0 Å². The highest BCUT2D eigenvalue weighted by atomic mass is 16.2. The van der Waals surface area contributed by atoms with Crippen molar-refractivity contribution in [3.8, 4) is 0 Å². The first-order chi connectivity index (χ1) is 13.1. The highest BCUT2D eigenvalue weighted by Gasteiger charge is 2.28. The monoisotopic (exact) mass is 367 g/mol. The van der Waals surface area contributed by atoms with E-state index < -0.39 is 5.91 Å². The number of hydrogen-bond acceptors (Lipinski definition) is 5. The molecule has 7 nitrogen and oxygen atoms in total. The first-order valence-corrected chi connectivity index (χ1v) is 9.76. The summed E-state index contributed by atoms with van der Waals surface area (Å²) in [6, 6.07) is 8.19. The van der Waals surface area contributed by atoms with Gasteiger partial charge in [-0.25, -0.2) is 0 Å². The van der Waals surface area contributed by atoms with E-state index in [4.69, 9.17) is 0 Å². The van der Waals surface area contributed by atoms with Crippen molar-refractivity contribution >= 4 is 17.5 Å². The summed E-state index contributed by atoms with van der Waals surface area (Å²) in [5.41, 5.74) is 1.68. The first-order valence-electron chi connectivity index (χ1n) is 9.76. The zero-order chi connectivity index (χ0) is 18.8. The van der Waals surface area contributed by atoms with Crippen molar-refractivity contribution in [1.82, 2.24) is 20.1 Å². The van der Waals surface area contributed by atoms with Crippen LogP contribution in [0.1, 0.15) is 54.6 Å². The molecule has 1 saturated carbocycles. The molecule has 1 aromatic carbocycles. The van der Waals surface area contributed by atoms with Crippen LogP contribution in [0.15, 0.2) is 29.1 Å². The topological polar surface area (TPSA) is 80.1 Å². The summed E-state index contributed by atoms with van der Waals surface area (Å²) in [5.74, 6) is 0.0957. The van der Waals surface area contributed by atoms with Gasteiger partial charge in [0.15, 0.2) is 0 Å². The van der Waals surface area contributed by atoms with Gasteiger partial charge in [0.2, 0.25) is 11.6 Å². The van der Waals surface area contributed by atoms with Crippen LogP contribution >= 0.6 is 0 Å². The molecule has 1 N–H and O–H groups in total. The third-order valence-electron chi connectivity index (χ3n) is 5.47. The third-order valence-corrected chi connectivity index (χ3v) is 5.47. The Bertz CT molecular complexity index is 882. The minimum Gasteiger partial charge on any atom is -0.348 e. The van der Waals surface area contributed by atoms with Gasteiger partial charge in [0.25, 0.3) is 11.5 Å². The average Bonchev–Trinajstić information content (AvgIpc) is 2.93. The molecule has 1 amide bonds. The highest BCUT2D eigenvalue weighted by Crippen LogP contribution is 2.26. The lowest BCUT2D eigenvalue weighted by Crippen LogP contribution is -2.40. The van der Waals surface area contributed by atoms with Gasteiger partial charge in [0.05, 0.1) is 0 Å². The van der Waals surface area contributed by atoms with Gasteiger partial charge in [-0.05, 0) is 31.9 Å². The molecule has 142 valence electrons. The minimum absolute atomic E-state index is 0.103. The maximum atomic E-state index is 12.8. The van der Waals surface area contributed by atoms with Gasteiger partial charge in [-0.3, -0.25) is 14.2 Å². The van der Waals surface area contributed by atoms with Crippen LogP contribution in [0, 0.1) is 6.92 Å². The Hall–Kier alpha value is -2.70. The van der Waals surface area contributed by atoms with Gasteiger partial charge < -0.3 is 10.2 Å². The molecule has 0 spiro atoms. The zero-order valence-corrected chi connectivity index (χ0v) is 15.6. The smallest absolute Gasteiger partial charge is 0.286 e. The molecule has 0 radical (unpaired) electrons. The lowest BCUT2D eigenvalue weighted by molar-refractivity contribution is 0.0924. The maximum Gasteiger partial charge on any atom is 0.286 e. The number of amides is 1. The van der Waals surface area contributed by atoms with Crippen LogP contribution in [-0.2, 0) is 6.54 Å². The van der Waals surface area contributed by atoms with Crippen LogP contribution < -0.4 is 15.8 Å². The molecule has 0 atom stereocenters. The molecule has 1 fully saturated rings. The fourth-order valence-corrected chi connectivity index (χ4v) is 3.90. The summed E-state index contributed by atoms with van der Waals surface area (Å²) < 4.78 is 1.55. The Morgan fingerprint density at radius 1 is 1.04 bits per heavy atom. The normalized spacial score (nSPS) is 17.4. The van der Waals surface area contributed by atoms with Crippen molar-refractivity contribution < 1.29 is 4.79 Å². The number of aryl methyl sites for hydroxylation is 1. The van der Waals surface area contributed by atoms with E-state index in [-0.39, 0.29) is 17.3 Å². The van der Waals surface area contributed by atoms with E-state index >= 15 is 0 Å². The summed E-state index contributed by atoms with van der Waals surface area (Å²) in [7, 11) is 0. The molecule has 2 aromatic rings. The molecule has 0 bridgehead atoms. The second-order valence-electron chi connectivity index (χ2n) is 7.45. The Morgan fingerprint density at radius 3 is 2.44 bits per heavy atom. The summed E-state index contributed by atoms with van der Waals surface area (Å²) in [5, 5.41) is 11.2. The van der Waals surface area contributed by atoms with Crippen LogP contribution in [0.2, 0.25) is 0 Å². The molecule has 1 aromatic heterocycles. The van der Waals surface area contributed by atoms with Crippen LogP contribution in [0.25, 0.3) is 0 Å². The van der Waals surface area contributed by atoms with Crippen molar-refractivity contribution in [2.75, 3.05) is 11.4 Å². The van der Waals surface area contributed by atoms with Gasteiger partial charge in [-0.15, -0.1) is 10.2 Å². The van der Waals surface area contributed by atoms with Crippen molar-refractivity contribution in [2.45, 2.75) is 58.0 Å². The minimum atomic E-state index is -0.400. The molecule has 4 rings (SSSR count). The molecule has 27 heavy (non-hydrogen) atoms. The maximum absolute atomic E-state index is 12.8. The number of fused-ring (bicyclic) bond motifs is 1. The van der Waals surface area contributed by atoms with Gasteiger partial charge in [-0.1, -0.05) is 43.4 Å². The Kier molecular flexibility index (Phi) is 4.92. The second-order valence-corrected chi connectivity index (χ2v) is 7.45. The summed E-state index contributed by atoms with van der Waals surface area (Å²) >= 11 is 0. The van der Waals surface area contributed by atoms with E-state index in [1.54, 1.807) is 4.57 Å². The highest BCUT2D eigenvalue weighted by molar-refractivity contribution is 5.92. The Labute approximate surface area is 158 Å². The predicted octanol–water partition coefficient (Wildman–Crippen LogP) is 2.55. The van der Waals surface area contributed by atoms with Crippen LogP contribution in [0.4, 0.5) is 11.6 Å². The Balaban J connectivity index is 1.56. The number of hydrogen-bond donors (Lipinski definition) is 1. The van der Waals surface area contributed by atoms with E-state index in [1.807, 2.05) is 36.1 Å². The molecule has 7 heteroatoms. The molecular weight excluding hydrogens is 342 g/mol. The lowest BCUT2D eigenvalue weighted by Gasteiger charge is -2.17. The van der Waals surface area contributed by atoms with E-state index in [0.29, 0.717) is 19.0 Å². The average molecular weight is 367 g/mol. The van der Waals surface area contributed by atoms with Gasteiger partial charge in [0.1, 0.15) is 0 Å². The standard InChI is InChI=1S/C20H25N5O2/c1-14-8-10-16(11-9-14)24-12-13-25-19(27)17(22-23-20(24)25)18(26)21-15-6-4-2-3-5-7-15/h8-11,15H,2-7,12-13H2,1H3,(H,21,26). The van der Waals surface area contributed by atoms with Crippen LogP contribution in [-0.4, -0.2) is 33.3 Å². The van der Waals surface area contributed by atoms with Crippen LogP contribution in [0.3, 0.4) is 0 Å². The number of benzene rings is 1. The number of aromatic nitrogens is 3. The summed E-state index contributed by atoms with van der Waals surface area (Å²) in [4.78, 5) is 27.4. The van der Waals surface area contributed by atoms with Gasteiger partial charge in [-0.2, -0.15) is 0 Å². The second kappa shape index (κ2) is 7.50. The van der Waals surface area contributed by atoms with Crippen LogP contribution in [0.5, 0.6) is 0 Å². The lowest BCUT2D eigenvalue weighted by atomic mass is 10.1. The molecule has 1 aliphatic carbocycles. The quantitative estimate of drug-likeness (QED) is 0.844. The molecule has 2 aliphatic rings. The van der Waals surface area contributed by atoms with E-state index in [0.717, 1.165) is 31.4 Å². The van der Waals surface area contributed by atoms with E-state index in [9.17, 15) is 9.59 Å². The number of nitrogens with zero attached hydrogens (tertiary/aromatic N) is 4. The Morgan fingerprint density at radius 2 is 1.74 bits per heavy atom. The van der Waals surface area contributed by atoms with Crippen molar-refractivity contribution in [3.05, 3.63) is 45.9 Å². The largest absolute Gasteiger partial charge is 0.348 e. The number of carbonyl (C=O) groups excluding carboxylic acids is 1. The first kappa shape index (κ1) is 17.7. The SMILES string of the molecule is Cc1ccc(N2CCn3c2nnc(C(=O)NC2CCCCCC2)c3=O)cc1. The fourth-order valence-electron chi connectivity index (χ4n) is 3.90. The number of carbonyl (C=O) groups is 1. The molecule has 1 aliphatic heterocycles. The fraction of sp³-hybridized carbons (Fsp3) is 0.500. The van der Waals surface area contributed by atoms with Crippen molar-refractivity contribution in [3.63, 3.8) is 0 Å². The summed E-state index contributed by atoms with van der Waals surface area (Å²) in [6.45, 7) is 3.17. The zero-order valence-electron chi connectivity index (χ0n) is 15.6. The molecule has 0 unspecified atom stereocenters. The number of anilines is 2. The molecule has 0 saturated heterocycles. The van der Waals surface area contributed by atoms with Gasteiger partial charge in [0, 0.05) is 24.8 Å². The molecule has 2 heterocycles. The number of nitrogens with one attached hydrogen (secondary N) is 1. The van der Waals surface area contributed by atoms with Crippen molar-refractivity contribution in [2.24, 2.45) is 0 Å².